The Kier molecular flexibility index (Phi) is 5.80. The fraction of sp³-hybridized carbons (Fsp3) is 0.316. The first-order valence-electron chi connectivity index (χ1n) is 8.64. The highest BCUT2D eigenvalue weighted by Crippen LogP contribution is 2.13. The highest BCUT2D eigenvalue weighted by Gasteiger charge is 2.22. The summed E-state index contributed by atoms with van der Waals surface area (Å²) in [7, 11) is 0. The van der Waals surface area contributed by atoms with E-state index in [0.717, 1.165) is 18.7 Å². The van der Waals surface area contributed by atoms with Gasteiger partial charge in [0.05, 0.1) is 11.7 Å². The van der Waals surface area contributed by atoms with Crippen LogP contribution >= 0.6 is 11.3 Å². The van der Waals surface area contributed by atoms with Crippen LogP contribution in [-0.2, 0) is 11.3 Å². The van der Waals surface area contributed by atoms with Crippen molar-refractivity contribution in [3.05, 3.63) is 64.0 Å². The van der Waals surface area contributed by atoms with Crippen LogP contribution in [0.25, 0.3) is 4.96 Å². The first kappa shape index (κ1) is 18.3. The van der Waals surface area contributed by atoms with Gasteiger partial charge in [0, 0.05) is 29.9 Å². The maximum Gasteiger partial charge on any atom is 0.258 e. The molecule has 3 aromatic rings. The van der Waals surface area contributed by atoms with E-state index >= 15 is 0 Å². The number of hydrogen-bond donors (Lipinski definition) is 1. The molecule has 0 saturated heterocycles. The lowest BCUT2D eigenvalue weighted by molar-refractivity contribution is -0.121. The summed E-state index contributed by atoms with van der Waals surface area (Å²) in [5.74, 6) is -0.0708. The van der Waals surface area contributed by atoms with Crippen molar-refractivity contribution in [2.75, 3.05) is 11.9 Å². The molecule has 1 N–H and O–H groups in total. The van der Waals surface area contributed by atoms with Gasteiger partial charge in [-0.15, -0.1) is 11.3 Å². The van der Waals surface area contributed by atoms with Crippen LogP contribution < -0.4 is 10.9 Å². The summed E-state index contributed by atoms with van der Waals surface area (Å²) in [6.45, 7) is 5.15. The molecule has 0 aliphatic rings. The van der Waals surface area contributed by atoms with Crippen LogP contribution in [0.5, 0.6) is 0 Å². The molecule has 0 saturated carbocycles. The second kappa shape index (κ2) is 8.25. The number of amides is 1. The molecule has 1 amide bonds. The van der Waals surface area contributed by atoms with Gasteiger partial charge in [0.15, 0.2) is 4.96 Å². The number of aromatic nitrogens is 2. The van der Waals surface area contributed by atoms with Crippen molar-refractivity contribution in [1.29, 1.82) is 0 Å². The average Bonchev–Trinajstić information content (AvgIpc) is 3.11. The maximum atomic E-state index is 12.6. The normalized spacial score (nSPS) is 12.4. The van der Waals surface area contributed by atoms with Crippen LogP contribution in [0, 0.1) is 0 Å². The smallest absolute Gasteiger partial charge is 0.258 e. The molecule has 0 bridgehead atoms. The monoisotopic (exact) mass is 370 g/mol. The first-order chi connectivity index (χ1) is 12.6. The molecular formula is C19H22N4O2S. The van der Waals surface area contributed by atoms with E-state index in [2.05, 4.69) is 17.2 Å². The summed E-state index contributed by atoms with van der Waals surface area (Å²) in [6, 6.07) is 10.6. The van der Waals surface area contributed by atoms with Crippen molar-refractivity contribution in [1.82, 2.24) is 14.3 Å². The van der Waals surface area contributed by atoms with E-state index < -0.39 is 0 Å². The van der Waals surface area contributed by atoms with Crippen molar-refractivity contribution < 1.29 is 4.79 Å². The maximum absolute atomic E-state index is 12.6. The summed E-state index contributed by atoms with van der Waals surface area (Å²) in [4.78, 5) is 32.1. The lowest BCUT2D eigenvalue weighted by atomic mass is 10.2. The van der Waals surface area contributed by atoms with Crippen LogP contribution in [-0.4, -0.2) is 32.8 Å². The Balaban J connectivity index is 1.76. The Morgan fingerprint density at radius 3 is 2.85 bits per heavy atom. The van der Waals surface area contributed by atoms with Crippen molar-refractivity contribution in [3.8, 4) is 0 Å². The Bertz CT molecular complexity index is 935. The zero-order valence-corrected chi connectivity index (χ0v) is 15.7. The van der Waals surface area contributed by atoms with Crippen molar-refractivity contribution in [3.63, 3.8) is 0 Å². The molecule has 0 spiro atoms. The van der Waals surface area contributed by atoms with Crippen molar-refractivity contribution in [2.24, 2.45) is 0 Å². The SMILES string of the molecule is CCCN(Cc1cc(=O)n2ccsc2n1)C(C)C(=O)Nc1ccccc1. The highest BCUT2D eigenvalue weighted by molar-refractivity contribution is 7.15. The molecule has 7 heteroatoms. The van der Waals surface area contributed by atoms with E-state index in [9.17, 15) is 9.59 Å². The second-order valence-electron chi connectivity index (χ2n) is 6.14. The molecule has 1 atom stereocenters. The van der Waals surface area contributed by atoms with Gasteiger partial charge >= 0.3 is 0 Å². The number of anilines is 1. The lowest BCUT2D eigenvalue weighted by Crippen LogP contribution is -2.42. The topological polar surface area (TPSA) is 66.7 Å². The fourth-order valence-electron chi connectivity index (χ4n) is 2.81. The number of carbonyl (C=O) groups excluding carboxylic acids is 1. The second-order valence-corrected chi connectivity index (χ2v) is 7.02. The zero-order valence-electron chi connectivity index (χ0n) is 14.9. The number of rotatable bonds is 7. The summed E-state index contributed by atoms with van der Waals surface area (Å²) < 4.78 is 1.53. The molecule has 3 rings (SSSR count). The Labute approximate surface area is 156 Å². The van der Waals surface area contributed by atoms with E-state index in [0.29, 0.717) is 17.2 Å². The molecule has 0 radical (unpaired) electrons. The predicted octanol–water partition coefficient (Wildman–Crippen LogP) is 3.00. The summed E-state index contributed by atoms with van der Waals surface area (Å²) in [6.07, 6.45) is 2.63. The molecule has 1 unspecified atom stereocenters. The van der Waals surface area contributed by atoms with Gasteiger partial charge in [-0.2, -0.15) is 0 Å². The summed E-state index contributed by atoms with van der Waals surface area (Å²) >= 11 is 1.43. The van der Waals surface area contributed by atoms with Gasteiger partial charge in [0.1, 0.15) is 0 Å². The number of fused-ring (bicyclic) bond motifs is 1. The van der Waals surface area contributed by atoms with E-state index in [-0.39, 0.29) is 17.5 Å². The van der Waals surface area contributed by atoms with Gasteiger partial charge in [-0.25, -0.2) is 4.98 Å². The molecule has 6 nitrogen and oxygen atoms in total. The molecule has 1 aromatic carbocycles. The average molecular weight is 370 g/mol. The number of nitrogens with zero attached hydrogens (tertiary/aromatic N) is 3. The number of thiazole rings is 1. The van der Waals surface area contributed by atoms with Gasteiger partial charge in [0.25, 0.3) is 5.56 Å². The van der Waals surface area contributed by atoms with Crippen molar-refractivity contribution >= 4 is 27.9 Å². The third kappa shape index (κ3) is 4.17. The molecular weight excluding hydrogens is 348 g/mol. The molecule has 0 fully saturated rings. The number of para-hydroxylation sites is 1. The van der Waals surface area contributed by atoms with Gasteiger partial charge in [-0.3, -0.25) is 18.9 Å². The van der Waals surface area contributed by atoms with Gasteiger partial charge in [-0.1, -0.05) is 25.1 Å². The predicted molar refractivity (Wildman–Crippen MR) is 105 cm³/mol. The van der Waals surface area contributed by atoms with Crippen LogP contribution in [0.2, 0.25) is 0 Å². The van der Waals surface area contributed by atoms with Crippen LogP contribution in [0.15, 0.2) is 52.8 Å². The minimum atomic E-state index is -0.334. The molecule has 2 heterocycles. The van der Waals surface area contributed by atoms with E-state index in [1.807, 2.05) is 47.5 Å². The quantitative estimate of drug-likeness (QED) is 0.694. The van der Waals surface area contributed by atoms with Crippen LogP contribution in [0.4, 0.5) is 5.69 Å². The number of hydrogen-bond acceptors (Lipinski definition) is 5. The van der Waals surface area contributed by atoms with Crippen molar-refractivity contribution in [2.45, 2.75) is 32.9 Å². The van der Waals surface area contributed by atoms with Gasteiger partial charge in [-0.05, 0) is 32.0 Å². The number of nitrogens with one attached hydrogen (secondary N) is 1. The highest BCUT2D eigenvalue weighted by atomic mass is 32.1. The zero-order chi connectivity index (χ0) is 18.5. The Morgan fingerprint density at radius 2 is 2.12 bits per heavy atom. The van der Waals surface area contributed by atoms with Crippen LogP contribution in [0.1, 0.15) is 26.0 Å². The van der Waals surface area contributed by atoms with E-state index in [1.54, 1.807) is 12.3 Å². The molecule has 0 aliphatic carbocycles. The molecule has 26 heavy (non-hydrogen) atoms. The Morgan fingerprint density at radius 1 is 1.35 bits per heavy atom. The van der Waals surface area contributed by atoms with Gasteiger partial charge < -0.3 is 5.32 Å². The third-order valence-electron chi connectivity index (χ3n) is 4.20. The number of benzene rings is 1. The molecule has 2 aromatic heterocycles. The standard InChI is InChI=1S/C19H22N4O2S/c1-3-9-22(14(2)18(25)20-15-7-5-4-6-8-15)13-16-12-17(24)23-10-11-26-19(23)21-16/h4-8,10-12,14H,3,9,13H2,1-2H3,(H,20,25). The first-order valence-corrected chi connectivity index (χ1v) is 9.52. The summed E-state index contributed by atoms with van der Waals surface area (Å²) in [5.41, 5.74) is 1.37. The molecule has 0 aliphatic heterocycles. The van der Waals surface area contributed by atoms with E-state index in [1.165, 1.54) is 15.7 Å². The van der Waals surface area contributed by atoms with Gasteiger partial charge in [0.2, 0.25) is 5.91 Å². The van der Waals surface area contributed by atoms with E-state index in [4.69, 9.17) is 0 Å². The largest absolute Gasteiger partial charge is 0.325 e. The third-order valence-corrected chi connectivity index (χ3v) is 4.96. The lowest BCUT2D eigenvalue weighted by Gasteiger charge is -2.27. The minimum Gasteiger partial charge on any atom is -0.325 e. The molecule has 136 valence electrons. The fourth-order valence-corrected chi connectivity index (χ4v) is 3.55. The minimum absolute atomic E-state index is 0.0708. The van der Waals surface area contributed by atoms with Crippen LogP contribution in [0.3, 0.4) is 0 Å². The number of carbonyl (C=O) groups is 1. The Hall–Kier alpha value is -2.51. The summed E-state index contributed by atoms with van der Waals surface area (Å²) in [5, 5.41) is 4.78.